The standard InChI is InChI=1S/C25H24F2N4O3/c26-19-8-7-16(11-20(19)27)30-9-10-31(25(14-30,24(28)34)13-15-5-6-15)23(33)18-12-22(32)29-21-4-2-1-3-17(18)21/h1-4,7-8,11-12,15H,5-6,9-10,13-14H2,(H2,28,34)(H,29,32). The monoisotopic (exact) mass is 466 g/mol. The average molecular weight is 466 g/mol. The molecule has 0 radical (unpaired) electrons. The van der Waals surface area contributed by atoms with Crippen molar-refractivity contribution in [3.05, 3.63) is 76.1 Å². The quantitative estimate of drug-likeness (QED) is 0.604. The zero-order valence-electron chi connectivity index (χ0n) is 18.4. The van der Waals surface area contributed by atoms with Crippen molar-refractivity contribution in [3.63, 3.8) is 0 Å². The largest absolute Gasteiger partial charge is 0.368 e. The lowest BCUT2D eigenvalue weighted by atomic mass is 9.85. The molecule has 9 heteroatoms. The highest BCUT2D eigenvalue weighted by Crippen LogP contribution is 2.42. The normalized spacial score (nSPS) is 20.5. The Bertz CT molecular complexity index is 1350. The van der Waals surface area contributed by atoms with Crippen LogP contribution in [0.1, 0.15) is 29.6 Å². The highest BCUT2D eigenvalue weighted by Gasteiger charge is 2.52. The minimum absolute atomic E-state index is 0.0524. The van der Waals surface area contributed by atoms with Crippen LogP contribution in [0.15, 0.2) is 53.3 Å². The summed E-state index contributed by atoms with van der Waals surface area (Å²) in [6, 6.07) is 11.8. The number of aromatic nitrogens is 1. The summed E-state index contributed by atoms with van der Waals surface area (Å²) in [5, 5.41) is 0.569. The van der Waals surface area contributed by atoms with Gasteiger partial charge in [0.15, 0.2) is 11.6 Å². The van der Waals surface area contributed by atoms with Crippen molar-refractivity contribution in [2.24, 2.45) is 11.7 Å². The number of pyridine rings is 1. The minimum atomic E-state index is -1.36. The van der Waals surface area contributed by atoms with Crippen molar-refractivity contribution in [1.82, 2.24) is 9.88 Å². The number of primary amides is 1. The van der Waals surface area contributed by atoms with E-state index in [2.05, 4.69) is 4.98 Å². The van der Waals surface area contributed by atoms with Gasteiger partial charge in [0.2, 0.25) is 11.5 Å². The number of carbonyl (C=O) groups excluding carboxylic acids is 2. The molecule has 2 amide bonds. The molecule has 2 aliphatic rings. The van der Waals surface area contributed by atoms with E-state index in [0.717, 1.165) is 25.0 Å². The molecule has 0 spiro atoms. The van der Waals surface area contributed by atoms with Gasteiger partial charge in [0.05, 0.1) is 12.1 Å². The Hall–Kier alpha value is -3.75. The molecule has 3 aromatic rings. The molecule has 2 fully saturated rings. The van der Waals surface area contributed by atoms with Gasteiger partial charge in [0.25, 0.3) is 5.91 Å². The Morgan fingerprint density at radius 1 is 1.06 bits per heavy atom. The first-order chi connectivity index (χ1) is 16.3. The Morgan fingerprint density at radius 2 is 1.82 bits per heavy atom. The van der Waals surface area contributed by atoms with Crippen LogP contribution < -0.4 is 16.2 Å². The third-order valence-electron chi connectivity index (χ3n) is 6.84. The second-order valence-corrected chi connectivity index (χ2v) is 9.11. The van der Waals surface area contributed by atoms with Crippen LogP contribution in [0.5, 0.6) is 0 Å². The lowest BCUT2D eigenvalue weighted by Gasteiger charge is -2.50. The third kappa shape index (κ3) is 3.81. The minimum Gasteiger partial charge on any atom is -0.368 e. The number of amides is 2. The van der Waals surface area contributed by atoms with Gasteiger partial charge in [-0.05, 0) is 30.5 Å². The van der Waals surface area contributed by atoms with Gasteiger partial charge >= 0.3 is 0 Å². The van der Waals surface area contributed by atoms with Crippen LogP contribution in [0.4, 0.5) is 14.5 Å². The first-order valence-corrected chi connectivity index (χ1v) is 11.2. The number of anilines is 1. The van der Waals surface area contributed by atoms with Gasteiger partial charge in [-0.15, -0.1) is 0 Å². The van der Waals surface area contributed by atoms with Crippen LogP contribution in [-0.2, 0) is 4.79 Å². The molecule has 1 atom stereocenters. The fourth-order valence-electron chi connectivity index (χ4n) is 4.93. The summed E-state index contributed by atoms with van der Waals surface area (Å²) in [5.41, 5.74) is 5.31. The van der Waals surface area contributed by atoms with Crippen molar-refractivity contribution < 1.29 is 18.4 Å². The van der Waals surface area contributed by atoms with E-state index in [4.69, 9.17) is 5.73 Å². The highest BCUT2D eigenvalue weighted by molar-refractivity contribution is 6.08. The molecule has 3 N–H and O–H groups in total. The van der Waals surface area contributed by atoms with Crippen molar-refractivity contribution in [2.45, 2.75) is 24.8 Å². The number of hydrogen-bond donors (Lipinski definition) is 2. The molecule has 1 unspecified atom stereocenters. The molecule has 176 valence electrons. The number of rotatable bonds is 5. The first kappa shape index (κ1) is 22.1. The summed E-state index contributed by atoms with van der Waals surface area (Å²) in [7, 11) is 0. The maximum Gasteiger partial charge on any atom is 0.255 e. The summed E-state index contributed by atoms with van der Waals surface area (Å²) in [6.45, 7) is 0.475. The number of hydrogen-bond acceptors (Lipinski definition) is 4. The second-order valence-electron chi connectivity index (χ2n) is 9.11. The van der Waals surface area contributed by atoms with Gasteiger partial charge in [0, 0.05) is 41.8 Å². The molecule has 0 bridgehead atoms. The van der Waals surface area contributed by atoms with Crippen LogP contribution in [-0.4, -0.2) is 46.9 Å². The SMILES string of the molecule is NC(=O)C1(CC2CC2)CN(c2ccc(F)c(F)c2)CCN1C(=O)c1cc(=O)[nH]c2ccccc12. The third-order valence-corrected chi connectivity index (χ3v) is 6.84. The van der Waals surface area contributed by atoms with Crippen molar-refractivity contribution in [1.29, 1.82) is 0 Å². The summed E-state index contributed by atoms with van der Waals surface area (Å²) in [4.78, 5) is 45.1. The highest BCUT2D eigenvalue weighted by atomic mass is 19.2. The van der Waals surface area contributed by atoms with Crippen LogP contribution in [0.3, 0.4) is 0 Å². The number of piperazine rings is 1. The summed E-state index contributed by atoms with van der Waals surface area (Å²) < 4.78 is 27.4. The number of fused-ring (bicyclic) bond motifs is 1. The number of benzene rings is 2. The fraction of sp³-hybridized carbons (Fsp3) is 0.320. The van der Waals surface area contributed by atoms with Crippen LogP contribution in [0, 0.1) is 17.6 Å². The molecular formula is C25H24F2N4O3. The Balaban J connectivity index is 1.57. The van der Waals surface area contributed by atoms with Crippen LogP contribution >= 0.6 is 0 Å². The lowest BCUT2D eigenvalue weighted by Crippen LogP contribution is -2.69. The topological polar surface area (TPSA) is 99.5 Å². The van der Waals surface area contributed by atoms with Gasteiger partial charge < -0.3 is 20.5 Å². The number of nitrogens with zero attached hydrogens (tertiary/aromatic N) is 2. The molecule has 5 rings (SSSR count). The number of nitrogens with two attached hydrogens (primary N) is 1. The Labute approximate surface area is 194 Å². The first-order valence-electron chi connectivity index (χ1n) is 11.2. The molecule has 2 aromatic carbocycles. The molecule has 2 heterocycles. The molecule has 34 heavy (non-hydrogen) atoms. The molecule has 7 nitrogen and oxygen atoms in total. The molecule has 1 saturated carbocycles. The van der Waals surface area contributed by atoms with Gasteiger partial charge in [-0.1, -0.05) is 31.0 Å². The van der Waals surface area contributed by atoms with Gasteiger partial charge in [-0.3, -0.25) is 14.4 Å². The number of H-pyrrole nitrogens is 1. The Morgan fingerprint density at radius 3 is 2.53 bits per heavy atom. The van der Waals surface area contributed by atoms with Gasteiger partial charge in [0.1, 0.15) is 5.54 Å². The summed E-state index contributed by atoms with van der Waals surface area (Å²) in [6.07, 6.45) is 2.22. The molecular weight excluding hydrogens is 442 g/mol. The zero-order valence-corrected chi connectivity index (χ0v) is 18.4. The van der Waals surface area contributed by atoms with E-state index in [1.807, 2.05) is 0 Å². The number of para-hydroxylation sites is 1. The number of halogens is 2. The second kappa shape index (κ2) is 8.23. The number of carbonyl (C=O) groups is 2. The van der Waals surface area contributed by atoms with Crippen molar-refractivity contribution >= 4 is 28.4 Å². The van der Waals surface area contributed by atoms with E-state index in [1.54, 1.807) is 29.2 Å². The molecule has 1 saturated heterocycles. The molecule has 1 aliphatic carbocycles. The predicted molar refractivity (Wildman–Crippen MR) is 123 cm³/mol. The van der Waals surface area contributed by atoms with Gasteiger partial charge in [-0.25, -0.2) is 8.78 Å². The van der Waals surface area contributed by atoms with Crippen LogP contribution in [0.25, 0.3) is 10.9 Å². The van der Waals surface area contributed by atoms with Gasteiger partial charge in [-0.2, -0.15) is 0 Å². The van der Waals surface area contributed by atoms with E-state index >= 15 is 0 Å². The summed E-state index contributed by atoms with van der Waals surface area (Å²) >= 11 is 0. The molecule has 1 aliphatic heterocycles. The number of aromatic amines is 1. The summed E-state index contributed by atoms with van der Waals surface area (Å²) in [5.74, 6) is -2.82. The average Bonchev–Trinajstić information content (AvgIpc) is 3.63. The van der Waals surface area contributed by atoms with E-state index in [-0.39, 0.29) is 31.1 Å². The fourth-order valence-corrected chi connectivity index (χ4v) is 4.93. The smallest absolute Gasteiger partial charge is 0.255 e. The number of nitrogens with one attached hydrogen (secondary N) is 1. The van der Waals surface area contributed by atoms with Crippen LogP contribution in [0.2, 0.25) is 0 Å². The molecule has 1 aromatic heterocycles. The predicted octanol–water partition coefficient (Wildman–Crippen LogP) is 2.79. The van der Waals surface area contributed by atoms with Crippen molar-refractivity contribution in [3.8, 4) is 0 Å². The lowest BCUT2D eigenvalue weighted by molar-refractivity contribution is -0.130. The Kier molecular flexibility index (Phi) is 5.34. The maximum atomic E-state index is 13.9. The van der Waals surface area contributed by atoms with E-state index in [9.17, 15) is 23.2 Å². The van der Waals surface area contributed by atoms with E-state index in [1.165, 1.54) is 17.0 Å². The van der Waals surface area contributed by atoms with Crippen molar-refractivity contribution in [2.75, 3.05) is 24.5 Å². The maximum absolute atomic E-state index is 13.9. The zero-order chi connectivity index (χ0) is 24.0. The van der Waals surface area contributed by atoms with E-state index < -0.39 is 34.5 Å². The van der Waals surface area contributed by atoms with E-state index in [0.29, 0.717) is 23.0 Å².